The van der Waals surface area contributed by atoms with Crippen LogP contribution in [0.25, 0.3) is 0 Å². The van der Waals surface area contributed by atoms with Crippen LogP contribution in [-0.4, -0.2) is 111 Å². The van der Waals surface area contributed by atoms with Crippen LogP contribution in [0.1, 0.15) is 51.4 Å². The zero-order chi connectivity index (χ0) is 20.3. The maximum Gasteiger partial charge on any atom is 0.236 e. The summed E-state index contributed by atoms with van der Waals surface area (Å²) in [6, 6.07) is 0. The number of carbonyl (C=O) groups excluding carboxylic acids is 1. The number of nitrogens with zero attached hydrogens (tertiary/aromatic N) is 5. The van der Waals surface area contributed by atoms with Crippen LogP contribution in [-0.2, 0) is 4.79 Å². The van der Waals surface area contributed by atoms with Gasteiger partial charge in [-0.15, -0.1) is 24.0 Å². The third kappa shape index (κ3) is 8.49. The van der Waals surface area contributed by atoms with E-state index in [2.05, 4.69) is 25.0 Å². The molecule has 0 radical (unpaired) electrons. The summed E-state index contributed by atoms with van der Waals surface area (Å²) in [4.78, 5) is 26.1. The molecule has 1 amide bonds. The predicted octanol–water partition coefficient (Wildman–Crippen LogP) is 2.08. The van der Waals surface area contributed by atoms with Gasteiger partial charge in [0.05, 0.1) is 6.54 Å². The monoisotopic (exact) mass is 534 g/mol. The van der Waals surface area contributed by atoms with Gasteiger partial charge in [-0.25, -0.2) is 0 Å². The summed E-state index contributed by atoms with van der Waals surface area (Å²) in [7, 11) is 1.88. The molecule has 0 bridgehead atoms. The number of halogens is 1. The van der Waals surface area contributed by atoms with Crippen LogP contribution < -0.4 is 5.32 Å². The van der Waals surface area contributed by atoms with E-state index in [0.717, 1.165) is 51.8 Å². The number of hydrogen-bond acceptors (Lipinski definition) is 4. The van der Waals surface area contributed by atoms with Crippen LogP contribution in [0.15, 0.2) is 4.99 Å². The quantitative estimate of drug-likeness (QED) is 0.224. The minimum atomic E-state index is 0. The second-order valence-electron chi connectivity index (χ2n) is 8.79. The largest absolute Gasteiger partial charge is 0.356 e. The summed E-state index contributed by atoms with van der Waals surface area (Å²) in [5, 5.41) is 3.55. The number of aliphatic imine (C=N–C) groups is 1. The molecule has 0 unspecified atom stereocenters. The molecule has 8 heteroatoms. The third-order valence-electron chi connectivity index (χ3n) is 6.58. The third-order valence-corrected chi connectivity index (χ3v) is 6.58. The van der Waals surface area contributed by atoms with E-state index in [1.54, 1.807) is 0 Å². The molecule has 0 aromatic rings. The fourth-order valence-corrected chi connectivity index (χ4v) is 4.73. The molecule has 0 saturated carbocycles. The Bertz CT molecular complexity index is 512. The normalized spacial score (nSPS) is 21.6. The zero-order valence-corrected chi connectivity index (χ0v) is 21.3. The molecule has 0 aromatic heterocycles. The number of piperazine rings is 1. The highest BCUT2D eigenvalue weighted by Crippen LogP contribution is 2.11. The van der Waals surface area contributed by atoms with Gasteiger partial charge in [0.15, 0.2) is 5.96 Å². The molecular weight excluding hydrogens is 491 g/mol. The smallest absolute Gasteiger partial charge is 0.236 e. The summed E-state index contributed by atoms with van der Waals surface area (Å²) in [5.41, 5.74) is 0. The molecule has 0 spiro atoms. The van der Waals surface area contributed by atoms with Crippen molar-refractivity contribution in [3.05, 3.63) is 0 Å². The number of amides is 1. The topological polar surface area (TPSA) is 54.4 Å². The second kappa shape index (κ2) is 14.5. The van der Waals surface area contributed by atoms with Gasteiger partial charge in [-0.1, -0.05) is 12.8 Å². The van der Waals surface area contributed by atoms with Crippen molar-refractivity contribution in [2.45, 2.75) is 51.4 Å². The van der Waals surface area contributed by atoms with Gasteiger partial charge in [0.25, 0.3) is 0 Å². The Labute approximate surface area is 200 Å². The number of carbonyl (C=O) groups is 1. The molecule has 3 rings (SSSR count). The van der Waals surface area contributed by atoms with Gasteiger partial charge >= 0.3 is 0 Å². The van der Waals surface area contributed by atoms with E-state index in [-0.39, 0.29) is 24.0 Å². The minimum absolute atomic E-state index is 0. The van der Waals surface area contributed by atoms with E-state index in [1.807, 2.05) is 11.9 Å². The number of nitrogens with one attached hydrogen (secondary N) is 1. The first kappa shape index (κ1) is 25.6. The van der Waals surface area contributed by atoms with Crippen LogP contribution >= 0.6 is 24.0 Å². The van der Waals surface area contributed by atoms with Gasteiger partial charge in [-0.3, -0.25) is 14.7 Å². The molecule has 174 valence electrons. The molecule has 30 heavy (non-hydrogen) atoms. The minimum Gasteiger partial charge on any atom is -0.356 e. The van der Waals surface area contributed by atoms with Crippen molar-refractivity contribution in [2.75, 3.05) is 79.0 Å². The highest BCUT2D eigenvalue weighted by molar-refractivity contribution is 14.0. The summed E-state index contributed by atoms with van der Waals surface area (Å²) in [6.07, 6.45) is 10.3. The van der Waals surface area contributed by atoms with E-state index in [0.29, 0.717) is 12.5 Å². The standard InChI is InChI=1S/C22H42N6O.HI/c1-23-22(24-10-4-2-5-11-25-12-6-3-7-13-25)28-18-16-26(17-19-28)20-21(29)27-14-8-9-15-27;/h2-20H2,1H3,(H,23,24);1H. The zero-order valence-electron chi connectivity index (χ0n) is 19.0. The van der Waals surface area contributed by atoms with Gasteiger partial charge in [0, 0.05) is 52.9 Å². The van der Waals surface area contributed by atoms with Gasteiger partial charge in [0.1, 0.15) is 0 Å². The molecule has 3 aliphatic heterocycles. The molecular formula is C22H43IN6O. The highest BCUT2D eigenvalue weighted by atomic mass is 127. The first-order valence-electron chi connectivity index (χ1n) is 11.9. The molecule has 1 N–H and O–H groups in total. The van der Waals surface area contributed by atoms with Gasteiger partial charge in [0.2, 0.25) is 5.91 Å². The van der Waals surface area contributed by atoms with Crippen LogP contribution in [0.3, 0.4) is 0 Å². The molecule has 0 aliphatic carbocycles. The Hall–Kier alpha value is -0.610. The maximum absolute atomic E-state index is 12.3. The lowest BCUT2D eigenvalue weighted by atomic mass is 10.1. The number of rotatable bonds is 8. The van der Waals surface area contributed by atoms with Gasteiger partial charge < -0.3 is 20.0 Å². The molecule has 3 saturated heterocycles. The molecule has 7 nitrogen and oxygen atoms in total. The van der Waals surface area contributed by atoms with Crippen LogP contribution in [0, 0.1) is 0 Å². The van der Waals surface area contributed by atoms with Gasteiger partial charge in [-0.05, 0) is 58.2 Å². The Morgan fingerprint density at radius 2 is 1.43 bits per heavy atom. The molecule has 0 aromatic carbocycles. The first-order valence-corrected chi connectivity index (χ1v) is 11.9. The molecule has 3 heterocycles. The first-order chi connectivity index (χ1) is 14.3. The van der Waals surface area contributed by atoms with Crippen molar-refractivity contribution in [3.8, 4) is 0 Å². The number of piperidine rings is 1. The van der Waals surface area contributed by atoms with E-state index in [4.69, 9.17) is 0 Å². The average molecular weight is 535 g/mol. The predicted molar refractivity (Wildman–Crippen MR) is 135 cm³/mol. The van der Waals surface area contributed by atoms with Crippen molar-refractivity contribution >= 4 is 35.8 Å². The Morgan fingerprint density at radius 3 is 2.10 bits per heavy atom. The van der Waals surface area contributed by atoms with E-state index in [9.17, 15) is 4.79 Å². The maximum atomic E-state index is 12.3. The van der Waals surface area contributed by atoms with Crippen molar-refractivity contribution in [2.24, 2.45) is 4.99 Å². The Balaban J connectivity index is 0.00000320. The molecule has 3 aliphatic rings. The lowest BCUT2D eigenvalue weighted by Crippen LogP contribution is -2.54. The van der Waals surface area contributed by atoms with Gasteiger partial charge in [-0.2, -0.15) is 0 Å². The average Bonchev–Trinajstić information content (AvgIpc) is 3.30. The van der Waals surface area contributed by atoms with Crippen molar-refractivity contribution in [1.82, 2.24) is 24.9 Å². The summed E-state index contributed by atoms with van der Waals surface area (Å²) < 4.78 is 0. The number of unbranched alkanes of at least 4 members (excludes halogenated alkanes) is 2. The Kier molecular flexibility index (Phi) is 12.4. The number of likely N-dealkylation sites (tertiary alicyclic amines) is 2. The van der Waals surface area contributed by atoms with Crippen LogP contribution in [0.5, 0.6) is 0 Å². The fraction of sp³-hybridized carbons (Fsp3) is 0.909. The van der Waals surface area contributed by atoms with Crippen LogP contribution in [0.4, 0.5) is 0 Å². The van der Waals surface area contributed by atoms with Crippen molar-refractivity contribution in [1.29, 1.82) is 0 Å². The van der Waals surface area contributed by atoms with Crippen molar-refractivity contribution < 1.29 is 4.79 Å². The fourth-order valence-electron chi connectivity index (χ4n) is 4.73. The van der Waals surface area contributed by atoms with Crippen molar-refractivity contribution in [3.63, 3.8) is 0 Å². The number of hydrogen-bond donors (Lipinski definition) is 1. The van der Waals surface area contributed by atoms with E-state index >= 15 is 0 Å². The molecule has 3 fully saturated rings. The molecule has 0 atom stereocenters. The number of guanidine groups is 1. The second-order valence-corrected chi connectivity index (χ2v) is 8.79. The van der Waals surface area contributed by atoms with Crippen LogP contribution in [0.2, 0.25) is 0 Å². The SMILES string of the molecule is CN=C(NCCCCCN1CCCCC1)N1CCN(CC(=O)N2CCCC2)CC1.I. The summed E-state index contributed by atoms with van der Waals surface area (Å²) in [5.74, 6) is 1.33. The Morgan fingerprint density at radius 1 is 0.767 bits per heavy atom. The van der Waals surface area contributed by atoms with E-state index in [1.165, 1.54) is 71.0 Å². The highest BCUT2D eigenvalue weighted by Gasteiger charge is 2.24. The lowest BCUT2D eigenvalue weighted by Gasteiger charge is -2.36. The van der Waals surface area contributed by atoms with E-state index < -0.39 is 0 Å². The summed E-state index contributed by atoms with van der Waals surface area (Å²) >= 11 is 0. The lowest BCUT2D eigenvalue weighted by molar-refractivity contribution is -0.131. The summed E-state index contributed by atoms with van der Waals surface area (Å²) in [6.45, 7) is 11.1.